The molecule has 2 aromatic carbocycles. The van der Waals surface area contributed by atoms with E-state index < -0.39 is 0 Å². The van der Waals surface area contributed by atoms with E-state index in [-0.39, 0.29) is 11.6 Å². The second-order valence-electron chi connectivity index (χ2n) is 5.11. The molecule has 1 N–H and O–H groups in total. The van der Waals surface area contributed by atoms with E-state index in [4.69, 9.17) is 0 Å². The van der Waals surface area contributed by atoms with Crippen molar-refractivity contribution >= 4 is 21.9 Å². The minimum atomic E-state index is -0.379. The molecule has 6 heteroatoms. The number of fused-ring (bicyclic) bond motifs is 2. The van der Waals surface area contributed by atoms with Crippen LogP contribution in [0.4, 0.5) is 8.78 Å². The summed E-state index contributed by atoms with van der Waals surface area (Å²) in [7, 11) is 0. The maximum absolute atomic E-state index is 13.6. The summed E-state index contributed by atoms with van der Waals surface area (Å²) < 4.78 is 27.0. The van der Waals surface area contributed by atoms with Crippen LogP contribution in [-0.2, 0) is 0 Å². The van der Waals surface area contributed by atoms with Crippen LogP contribution in [0.3, 0.4) is 0 Å². The molecule has 4 aromatic rings. The minimum absolute atomic E-state index is 0.340. The molecule has 0 saturated heterocycles. The number of aryl methyl sites for hydroxylation is 1. The molecule has 4 rings (SSSR count). The molecule has 0 atom stereocenters. The van der Waals surface area contributed by atoms with Crippen LogP contribution in [-0.4, -0.2) is 20.2 Å². The van der Waals surface area contributed by atoms with E-state index in [2.05, 4.69) is 20.2 Å². The maximum Gasteiger partial charge on any atom is 0.125 e. The molecule has 0 aliphatic carbocycles. The highest BCUT2D eigenvalue weighted by atomic mass is 19.1. The number of H-pyrrole nitrogens is 1. The number of rotatable bonds is 1. The molecule has 2 heterocycles. The van der Waals surface area contributed by atoms with Crippen molar-refractivity contribution in [2.45, 2.75) is 6.92 Å². The Hall–Kier alpha value is -2.89. The molecule has 108 valence electrons. The fourth-order valence-electron chi connectivity index (χ4n) is 2.55. The topological polar surface area (TPSA) is 54.5 Å². The van der Waals surface area contributed by atoms with Crippen molar-refractivity contribution in [3.05, 3.63) is 53.7 Å². The number of hydrogen-bond acceptors (Lipinski definition) is 3. The van der Waals surface area contributed by atoms with Crippen molar-refractivity contribution in [3.63, 3.8) is 0 Å². The van der Waals surface area contributed by atoms with Crippen LogP contribution in [0.25, 0.3) is 33.3 Å². The Morgan fingerprint density at radius 3 is 2.73 bits per heavy atom. The highest BCUT2D eigenvalue weighted by molar-refractivity contribution is 5.94. The highest BCUT2D eigenvalue weighted by Gasteiger charge is 2.13. The monoisotopic (exact) mass is 296 g/mol. The van der Waals surface area contributed by atoms with E-state index in [9.17, 15) is 8.78 Å². The number of benzene rings is 2. The second-order valence-corrected chi connectivity index (χ2v) is 5.11. The van der Waals surface area contributed by atoms with Crippen LogP contribution >= 0.6 is 0 Å². The third-order valence-corrected chi connectivity index (χ3v) is 3.57. The van der Waals surface area contributed by atoms with Crippen LogP contribution in [0, 0.1) is 18.6 Å². The lowest BCUT2D eigenvalue weighted by molar-refractivity contribution is 0.628. The van der Waals surface area contributed by atoms with E-state index in [1.807, 2.05) is 0 Å². The Balaban J connectivity index is 1.98. The van der Waals surface area contributed by atoms with Gasteiger partial charge >= 0.3 is 0 Å². The third-order valence-electron chi connectivity index (χ3n) is 3.57. The first-order chi connectivity index (χ1) is 10.6. The van der Waals surface area contributed by atoms with E-state index >= 15 is 0 Å². The lowest BCUT2D eigenvalue weighted by Gasteiger charge is -2.02. The summed E-state index contributed by atoms with van der Waals surface area (Å²) >= 11 is 0. The molecule has 0 amide bonds. The van der Waals surface area contributed by atoms with E-state index in [1.54, 1.807) is 19.2 Å². The maximum atomic E-state index is 13.6. The number of aromatic amines is 1. The van der Waals surface area contributed by atoms with Gasteiger partial charge < -0.3 is 0 Å². The van der Waals surface area contributed by atoms with Gasteiger partial charge in [-0.25, -0.2) is 13.8 Å². The Morgan fingerprint density at radius 1 is 1.00 bits per heavy atom. The zero-order chi connectivity index (χ0) is 15.3. The first-order valence-corrected chi connectivity index (χ1v) is 6.69. The molecule has 4 nitrogen and oxygen atoms in total. The van der Waals surface area contributed by atoms with Gasteiger partial charge in [-0.3, -0.25) is 10.1 Å². The average Bonchev–Trinajstić information content (AvgIpc) is 2.90. The van der Waals surface area contributed by atoms with Crippen LogP contribution in [0.1, 0.15) is 5.56 Å². The molecular weight excluding hydrogens is 286 g/mol. The van der Waals surface area contributed by atoms with Crippen LogP contribution in [0.2, 0.25) is 0 Å². The molecule has 0 fully saturated rings. The molecular formula is C16H10F2N4. The molecule has 0 radical (unpaired) electrons. The Morgan fingerprint density at radius 2 is 1.86 bits per heavy atom. The van der Waals surface area contributed by atoms with Gasteiger partial charge in [-0.2, -0.15) is 5.10 Å². The Kier molecular flexibility index (Phi) is 2.66. The van der Waals surface area contributed by atoms with Crippen molar-refractivity contribution in [2.24, 2.45) is 0 Å². The van der Waals surface area contributed by atoms with Gasteiger partial charge in [0.15, 0.2) is 0 Å². The quantitative estimate of drug-likeness (QED) is 0.582. The van der Waals surface area contributed by atoms with Crippen LogP contribution in [0.5, 0.6) is 0 Å². The SMILES string of the molecule is Cc1cc(F)cc2c(-c3cnc4ccc(F)cc4n3)[nH]nc12. The second kappa shape index (κ2) is 4.56. The molecule has 0 bridgehead atoms. The van der Waals surface area contributed by atoms with Crippen molar-refractivity contribution in [3.8, 4) is 11.4 Å². The molecule has 0 spiro atoms. The zero-order valence-electron chi connectivity index (χ0n) is 11.6. The Bertz CT molecular complexity index is 1020. The van der Waals surface area contributed by atoms with Crippen LogP contribution in [0.15, 0.2) is 36.5 Å². The molecule has 0 aliphatic heterocycles. The van der Waals surface area contributed by atoms with Crippen molar-refractivity contribution in [2.75, 3.05) is 0 Å². The Labute approximate surface area is 123 Å². The van der Waals surface area contributed by atoms with Gasteiger partial charge in [-0.15, -0.1) is 0 Å². The lowest BCUT2D eigenvalue weighted by atomic mass is 10.1. The number of aromatic nitrogens is 4. The average molecular weight is 296 g/mol. The van der Waals surface area contributed by atoms with Gasteiger partial charge in [-0.1, -0.05) is 0 Å². The molecule has 2 aromatic heterocycles. The fraction of sp³-hybridized carbons (Fsp3) is 0.0625. The highest BCUT2D eigenvalue weighted by Crippen LogP contribution is 2.28. The van der Waals surface area contributed by atoms with Gasteiger partial charge in [0.25, 0.3) is 0 Å². The summed E-state index contributed by atoms with van der Waals surface area (Å²) in [6, 6.07) is 7.04. The van der Waals surface area contributed by atoms with Crippen molar-refractivity contribution in [1.29, 1.82) is 0 Å². The van der Waals surface area contributed by atoms with Gasteiger partial charge in [-0.05, 0) is 36.8 Å². The van der Waals surface area contributed by atoms with Gasteiger partial charge in [0, 0.05) is 11.5 Å². The summed E-state index contributed by atoms with van der Waals surface area (Å²) in [6.07, 6.45) is 1.56. The first-order valence-electron chi connectivity index (χ1n) is 6.69. The molecule has 0 saturated carbocycles. The molecule has 0 aliphatic rings. The summed E-state index contributed by atoms with van der Waals surface area (Å²) in [6.45, 7) is 1.79. The van der Waals surface area contributed by atoms with Gasteiger partial charge in [0.05, 0.1) is 28.4 Å². The third kappa shape index (κ3) is 1.92. The van der Waals surface area contributed by atoms with E-state index in [0.29, 0.717) is 33.3 Å². The fourth-order valence-corrected chi connectivity index (χ4v) is 2.55. The number of hydrogen-bond donors (Lipinski definition) is 1. The van der Waals surface area contributed by atoms with Gasteiger partial charge in [0.2, 0.25) is 0 Å². The molecule has 0 unspecified atom stereocenters. The van der Waals surface area contributed by atoms with Gasteiger partial charge in [0.1, 0.15) is 17.3 Å². The lowest BCUT2D eigenvalue weighted by Crippen LogP contribution is -1.90. The number of nitrogens with one attached hydrogen (secondary N) is 1. The molecule has 22 heavy (non-hydrogen) atoms. The smallest absolute Gasteiger partial charge is 0.125 e. The summed E-state index contributed by atoms with van der Waals surface area (Å²) in [5.74, 6) is -0.720. The first kappa shape index (κ1) is 12.8. The summed E-state index contributed by atoms with van der Waals surface area (Å²) in [5, 5.41) is 7.69. The normalized spacial score (nSPS) is 11.4. The summed E-state index contributed by atoms with van der Waals surface area (Å²) in [4.78, 5) is 8.65. The zero-order valence-corrected chi connectivity index (χ0v) is 11.6. The van der Waals surface area contributed by atoms with E-state index in [0.717, 1.165) is 5.56 Å². The van der Waals surface area contributed by atoms with E-state index in [1.165, 1.54) is 24.3 Å². The largest absolute Gasteiger partial charge is 0.275 e. The number of nitrogens with zero attached hydrogens (tertiary/aromatic N) is 3. The standard InChI is InChI=1S/C16H10F2N4/c1-8-4-10(18)5-11-15(8)21-22-16(11)14-7-19-12-3-2-9(17)6-13(12)20-14/h2-7H,1H3,(H,21,22). The predicted molar refractivity (Wildman–Crippen MR) is 79.3 cm³/mol. The number of halogens is 2. The summed E-state index contributed by atoms with van der Waals surface area (Å²) in [5.41, 5.74) is 3.50. The van der Waals surface area contributed by atoms with Crippen molar-refractivity contribution in [1.82, 2.24) is 20.2 Å². The predicted octanol–water partition coefficient (Wildman–Crippen LogP) is 3.76. The minimum Gasteiger partial charge on any atom is -0.275 e. The van der Waals surface area contributed by atoms with Crippen LogP contribution < -0.4 is 0 Å². The van der Waals surface area contributed by atoms with Crippen molar-refractivity contribution < 1.29 is 8.78 Å².